The first-order chi connectivity index (χ1) is 21.4. The van der Waals surface area contributed by atoms with Crippen LogP contribution < -0.4 is 9.64 Å². The Labute approximate surface area is 267 Å². The highest BCUT2D eigenvalue weighted by Crippen LogP contribution is 2.39. The standard InChI is InChI=1S/C34H48N4O4S2/c1-3-4-5-6-7-24-42-28-8-11-30(12-9-28)44(40,41)33-26-35-32-13-10-29(43-2)25-31(32)34(33)38-16-14-27(15-17-38)37-20-18-36(19-21-37)22-23-39/h8-13,25-27,39H,3-7,14-24H2,1-2H3. The Morgan fingerprint density at radius 3 is 2.36 bits per heavy atom. The normalized spacial score (nSPS) is 17.4. The van der Waals surface area contributed by atoms with Gasteiger partial charge in [-0.2, -0.15) is 0 Å². The number of hydrogen-bond acceptors (Lipinski definition) is 9. The molecule has 1 N–H and O–H groups in total. The van der Waals surface area contributed by atoms with E-state index in [9.17, 15) is 13.5 Å². The van der Waals surface area contributed by atoms with E-state index in [1.807, 2.05) is 18.4 Å². The number of aliphatic hydroxyl groups excluding tert-OH is 1. The van der Waals surface area contributed by atoms with Gasteiger partial charge in [0.05, 0.1) is 29.3 Å². The molecule has 0 amide bonds. The first-order valence-corrected chi connectivity index (χ1v) is 18.9. The van der Waals surface area contributed by atoms with Crippen molar-refractivity contribution in [2.75, 3.05) is 70.2 Å². The molecule has 3 aromatic rings. The lowest BCUT2D eigenvalue weighted by molar-refractivity contribution is 0.0747. The second-order valence-electron chi connectivity index (χ2n) is 11.9. The topological polar surface area (TPSA) is 86.2 Å². The predicted octanol–water partition coefficient (Wildman–Crippen LogP) is 5.72. The Morgan fingerprint density at radius 1 is 0.955 bits per heavy atom. The van der Waals surface area contributed by atoms with Crippen molar-refractivity contribution in [3.05, 3.63) is 48.7 Å². The molecule has 0 radical (unpaired) electrons. The van der Waals surface area contributed by atoms with Crippen molar-refractivity contribution in [3.63, 3.8) is 0 Å². The largest absolute Gasteiger partial charge is 0.494 e. The number of benzene rings is 2. The van der Waals surface area contributed by atoms with Crippen molar-refractivity contribution in [3.8, 4) is 5.75 Å². The molecular formula is C34H48N4O4S2. The molecule has 0 aliphatic carbocycles. The highest BCUT2D eigenvalue weighted by atomic mass is 32.2. The van der Waals surface area contributed by atoms with Crippen LogP contribution in [0, 0.1) is 0 Å². The molecule has 0 bridgehead atoms. The summed E-state index contributed by atoms with van der Waals surface area (Å²) in [6.45, 7) is 9.37. The number of piperidine rings is 1. The summed E-state index contributed by atoms with van der Waals surface area (Å²) in [7, 11) is -3.83. The van der Waals surface area contributed by atoms with Gasteiger partial charge in [-0.15, -0.1) is 11.8 Å². The second-order valence-corrected chi connectivity index (χ2v) is 14.7. The molecular weight excluding hydrogens is 593 g/mol. The molecule has 0 unspecified atom stereocenters. The summed E-state index contributed by atoms with van der Waals surface area (Å²) in [5.74, 6) is 0.695. The van der Waals surface area contributed by atoms with E-state index < -0.39 is 9.84 Å². The second kappa shape index (κ2) is 15.8. The van der Waals surface area contributed by atoms with E-state index in [4.69, 9.17) is 4.74 Å². The van der Waals surface area contributed by atoms with E-state index in [1.165, 1.54) is 19.3 Å². The third kappa shape index (κ3) is 7.88. The quantitative estimate of drug-likeness (QED) is 0.176. The highest BCUT2D eigenvalue weighted by Gasteiger charge is 2.32. The molecule has 8 nitrogen and oxygen atoms in total. The van der Waals surface area contributed by atoms with E-state index in [2.05, 4.69) is 32.7 Å². The lowest BCUT2D eigenvalue weighted by atomic mass is 10.0. The summed E-state index contributed by atoms with van der Waals surface area (Å²) in [6, 6.07) is 13.5. The number of sulfone groups is 1. The zero-order valence-corrected chi connectivity index (χ0v) is 27.9. The minimum Gasteiger partial charge on any atom is -0.494 e. The predicted molar refractivity (Wildman–Crippen MR) is 180 cm³/mol. The third-order valence-corrected chi connectivity index (χ3v) is 11.6. The molecule has 0 saturated carbocycles. The Bertz CT molecular complexity index is 1450. The van der Waals surface area contributed by atoms with E-state index in [0.29, 0.717) is 18.4 Å². The molecule has 2 aliphatic rings. The maximum Gasteiger partial charge on any atom is 0.210 e. The zero-order valence-electron chi connectivity index (χ0n) is 26.3. The van der Waals surface area contributed by atoms with Crippen molar-refractivity contribution in [2.24, 2.45) is 0 Å². The van der Waals surface area contributed by atoms with Gasteiger partial charge < -0.3 is 14.7 Å². The summed E-state index contributed by atoms with van der Waals surface area (Å²) in [5, 5.41) is 10.2. The van der Waals surface area contributed by atoms with Crippen LogP contribution in [0.25, 0.3) is 10.9 Å². The number of nitrogens with zero attached hydrogens (tertiary/aromatic N) is 4. The lowest BCUT2D eigenvalue weighted by Gasteiger charge is -2.43. The first kappa shape index (κ1) is 33.0. The maximum atomic E-state index is 14.2. The van der Waals surface area contributed by atoms with Gasteiger partial charge >= 0.3 is 0 Å². The molecule has 5 rings (SSSR count). The fourth-order valence-corrected chi connectivity index (χ4v) is 8.35. The molecule has 2 fully saturated rings. The number of rotatable bonds is 14. The van der Waals surface area contributed by atoms with E-state index in [1.54, 1.807) is 42.2 Å². The smallest absolute Gasteiger partial charge is 0.210 e. The van der Waals surface area contributed by atoms with Crippen molar-refractivity contribution in [1.82, 2.24) is 14.8 Å². The molecule has 10 heteroatoms. The van der Waals surface area contributed by atoms with Gasteiger partial charge in [0.2, 0.25) is 9.84 Å². The Hall–Kier alpha value is -2.37. The summed E-state index contributed by atoms with van der Waals surface area (Å²) in [6.07, 6.45) is 11.4. The number of unbranched alkanes of at least 4 members (excludes halogenated alkanes) is 4. The van der Waals surface area contributed by atoms with Crippen LogP contribution in [0.15, 0.2) is 63.3 Å². The summed E-state index contributed by atoms with van der Waals surface area (Å²) in [4.78, 5) is 13.4. The highest BCUT2D eigenvalue weighted by molar-refractivity contribution is 7.98. The molecule has 240 valence electrons. The van der Waals surface area contributed by atoms with Gasteiger partial charge in [0.25, 0.3) is 0 Å². The van der Waals surface area contributed by atoms with Crippen molar-refractivity contribution in [2.45, 2.75) is 72.6 Å². The van der Waals surface area contributed by atoms with Crippen molar-refractivity contribution >= 4 is 38.2 Å². The SMILES string of the molecule is CCCCCCCOc1ccc(S(=O)(=O)c2cnc3ccc(SC)cc3c2N2CCC(N3CCN(CCO)CC3)CC2)cc1. The number of ether oxygens (including phenoxy) is 1. The fraction of sp³-hybridized carbons (Fsp3) is 0.559. The summed E-state index contributed by atoms with van der Waals surface area (Å²) in [5.41, 5.74) is 1.58. The van der Waals surface area contributed by atoms with Crippen LogP contribution in [-0.4, -0.2) is 99.6 Å². The average Bonchev–Trinajstić information content (AvgIpc) is 3.06. The van der Waals surface area contributed by atoms with Crippen LogP contribution >= 0.6 is 11.8 Å². The lowest BCUT2D eigenvalue weighted by Crippen LogP contribution is -2.53. The number of thioether (sulfide) groups is 1. The van der Waals surface area contributed by atoms with Gasteiger partial charge in [0, 0.05) is 68.3 Å². The van der Waals surface area contributed by atoms with Gasteiger partial charge in [-0.05, 0) is 68.0 Å². The minimum absolute atomic E-state index is 0.207. The van der Waals surface area contributed by atoms with Gasteiger partial charge in [-0.1, -0.05) is 32.6 Å². The molecule has 0 atom stereocenters. The molecule has 3 heterocycles. The number of aliphatic hydroxyl groups is 1. The van der Waals surface area contributed by atoms with E-state index >= 15 is 0 Å². The third-order valence-electron chi connectivity index (χ3n) is 9.07. The van der Waals surface area contributed by atoms with Crippen LogP contribution in [0.5, 0.6) is 5.75 Å². The van der Waals surface area contributed by atoms with E-state index in [0.717, 1.165) is 93.0 Å². The molecule has 2 saturated heterocycles. The number of pyridine rings is 1. The Morgan fingerprint density at radius 2 is 1.68 bits per heavy atom. The number of piperazine rings is 1. The molecule has 0 spiro atoms. The molecule has 2 aliphatic heterocycles. The number of anilines is 1. The van der Waals surface area contributed by atoms with Crippen LogP contribution in [0.1, 0.15) is 51.9 Å². The van der Waals surface area contributed by atoms with Crippen LogP contribution in [0.2, 0.25) is 0 Å². The van der Waals surface area contributed by atoms with Gasteiger partial charge in [0.15, 0.2) is 0 Å². The number of aromatic nitrogens is 1. The fourth-order valence-electron chi connectivity index (χ4n) is 6.48. The van der Waals surface area contributed by atoms with Crippen molar-refractivity contribution < 1.29 is 18.3 Å². The van der Waals surface area contributed by atoms with Crippen LogP contribution in [-0.2, 0) is 9.84 Å². The number of hydrogen-bond donors (Lipinski definition) is 1. The average molecular weight is 641 g/mol. The maximum absolute atomic E-state index is 14.2. The molecule has 2 aromatic carbocycles. The molecule has 1 aromatic heterocycles. The van der Waals surface area contributed by atoms with Gasteiger partial charge in [-0.25, -0.2) is 8.42 Å². The number of β-amino-alcohol motifs (C(OH)–C–C–N with tert-alkyl or cyclic N) is 1. The monoisotopic (exact) mass is 640 g/mol. The van der Waals surface area contributed by atoms with Gasteiger partial charge in [0.1, 0.15) is 10.6 Å². The van der Waals surface area contributed by atoms with Crippen LogP contribution in [0.3, 0.4) is 0 Å². The summed E-state index contributed by atoms with van der Waals surface area (Å²) < 4.78 is 34.3. The first-order valence-electron chi connectivity index (χ1n) is 16.2. The Kier molecular flexibility index (Phi) is 11.8. The van der Waals surface area contributed by atoms with E-state index in [-0.39, 0.29) is 16.4 Å². The summed E-state index contributed by atoms with van der Waals surface area (Å²) >= 11 is 1.65. The van der Waals surface area contributed by atoms with Crippen LogP contribution in [0.4, 0.5) is 5.69 Å². The van der Waals surface area contributed by atoms with Gasteiger partial charge in [-0.3, -0.25) is 14.8 Å². The Balaban J connectivity index is 1.36. The van der Waals surface area contributed by atoms with Crippen molar-refractivity contribution in [1.29, 1.82) is 0 Å². The molecule has 44 heavy (non-hydrogen) atoms. The minimum atomic E-state index is -3.83. The zero-order chi connectivity index (χ0) is 30.9. The number of fused-ring (bicyclic) bond motifs is 1.